The SMILES string of the molecule is CC(C)(C)C(=O)N1CCC(n2ncc3c(Oc4ccc(S(C)(=O)=O)cc4)ncnc32)CC1.CC(C)(C)C(=O)N1CCC(n2ncc3c(Oc4ccc(S(C)(=O)=O)cc4)ncnc32)CC1. The number of likely N-dealkylation sites (tertiary alicyclic amines) is 2. The summed E-state index contributed by atoms with van der Waals surface area (Å²) in [7, 11) is -6.55. The summed E-state index contributed by atoms with van der Waals surface area (Å²) in [5.74, 6) is 1.99. The minimum absolute atomic E-state index is 0.133. The van der Waals surface area contributed by atoms with Crippen LogP contribution in [-0.2, 0) is 29.3 Å². The first kappa shape index (κ1) is 46.0. The Morgan fingerprint density at radius 2 is 0.875 bits per heavy atom. The average Bonchev–Trinajstić information content (AvgIpc) is 3.89. The maximum absolute atomic E-state index is 12.6. The molecule has 0 bridgehead atoms. The topological polar surface area (TPSA) is 215 Å². The van der Waals surface area contributed by atoms with Gasteiger partial charge < -0.3 is 19.3 Å². The second-order valence-electron chi connectivity index (χ2n) is 18.2. The Hall–Kier alpha value is -6.02. The van der Waals surface area contributed by atoms with Crippen LogP contribution in [0.4, 0.5) is 0 Å². The molecule has 6 heterocycles. The van der Waals surface area contributed by atoms with Gasteiger partial charge in [-0.15, -0.1) is 0 Å². The van der Waals surface area contributed by atoms with Crippen LogP contribution in [0.25, 0.3) is 22.1 Å². The van der Waals surface area contributed by atoms with Gasteiger partial charge in [-0.05, 0) is 74.2 Å². The van der Waals surface area contributed by atoms with Crippen molar-refractivity contribution in [3.8, 4) is 23.3 Å². The number of rotatable bonds is 8. The van der Waals surface area contributed by atoms with Crippen molar-refractivity contribution >= 4 is 53.6 Å². The molecule has 0 saturated carbocycles. The third-order valence-corrected chi connectivity index (χ3v) is 13.4. The standard InChI is InChI=1S/2C22H27N5O4S/c2*1-22(2,3)21(28)26-11-9-15(10-12-26)27-19-18(13-25-27)20(24-14-23-19)31-16-5-7-17(8-6-16)32(4,29)30/h2*5-8,13-15H,9-12H2,1-4H3. The summed E-state index contributed by atoms with van der Waals surface area (Å²) in [6.07, 6.45) is 11.7. The van der Waals surface area contributed by atoms with Gasteiger partial charge in [-0.1, -0.05) is 41.5 Å². The zero-order valence-electron chi connectivity index (χ0n) is 37.3. The van der Waals surface area contributed by atoms with Crippen LogP contribution in [0, 0.1) is 10.8 Å². The largest absolute Gasteiger partial charge is 0.438 e. The van der Waals surface area contributed by atoms with Gasteiger partial charge in [0.2, 0.25) is 23.6 Å². The number of sulfone groups is 2. The highest BCUT2D eigenvalue weighted by Gasteiger charge is 2.33. The van der Waals surface area contributed by atoms with Crippen molar-refractivity contribution in [3.63, 3.8) is 0 Å². The fourth-order valence-corrected chi connectivity index (χ4v) is 8.95. The van der Waals surface area contributed by atoms with Gasteiger partial charge in [0.1, 0.15) is 34.9 Å². The van der Waals surface area contributed by atoms with E-state index in [1.54, 1.807) is 36.7 Å². The lowest BCUT2D eigenvalue weighted by atomic mass is 9.93. The minimum atomic E-state index is -3.27. The van der Waals surface area contributed by atoms with E-state index in [9.17, 15) is 26.4 Å². The summed E-state index contributed by atoms with van der Waals surface area (Å²) < 4.78 is 62.1. The molecule has 6 aromatic rings. The summed E-state index contributed by atoms with van der Waals surface area (Å²) >= 11 is 0. The third-order valence-electron chi connectivity index (χ3n) is 11.1. The van der Waals surface area contributed by atoms with E-state index in [-0.39, 0.29) is 44.5 Å². The fraction of sp³-hybridized carbons (Fsp3) is 0.455. The maximum Gasteiger partial charge on any atom is 0.233 e. The van der Waals surface area contributed by atoms with Crippen molar-refractivity contribution < 1.29 is 35.9 Å². The molecule has 0 atom stereocenters. The number of ether oxygens (including phenoxy) is 2. The molecule has 64 heavy (non-hydrogen) atoms. The lowest BCUT2D eigenvalue weighted by Crippen LogP contribution is -2.44. The summed E-state index contributed by atoms with van der Waals surface area (Å²) in [6, 6.07) is 12.6. The number of hydrogen-bond donors (Lipinski definition) is 0. The third kappa shape index (κ3) is 10.3. The quantitative estimate of drug-likeness (QED) is 0.160. The highest BCUT2D eigenvalue weighted by molar-refractivity contribution is 7.91. The predicted molar refractivity (Wildman–Crippen MR) is 239 cm³/mol. The number of carbonyl (C=O) groups excluding carboxylic acids is 2. The molecule has 18 nitrogen and oxygen atoms in total. The van der Waals surface area contributed by atoms with Crippen LogP contribution >= 0.6 is 0 Å². The second-order valence-corrected chi connectivity index (χ2v) is 22.3. The molecule has 2 saturated heterocycles. The van der Waals surface area contributed by atoms with Crippen molar-refractivity contribution in [2.24, 2.45) is 10.8 Å². The van der Waals surface area contributed by atoms with Crippen LogP contribution in [-0.4, -0.2) is 117 Å². The smallest absolute Gasteiger partial charge is 0.233 e. The number of hydrogen-bond acceptors (Lipinski definition) is 14. The zero-order valence-corrected chi connectivity index (χ0v) is 38.9. The first-order valence-electron chi connectivity index (χ1n) is 21.0. The van der Waals surface area contributed by atoms with Crippen LogP contribution in [0.15, 0.2) is 83.4 Å². The van der Waals surface area contributed by atoms with Crippen LogP contribution in [0.1, 0.15) is 79.3 Å². The lowest BCUT2D eigenvalue weighted by Gasteiger charge is -2.35. The van der Waals surface area contributed by atoms with Gasteiger partial charge in [0.25, 0.3) is 0 Å². The Labute approximate surface area is 372 Å². The van der Waals surface area contributed by atoms with E-state index in [2.05, 4.69) is 30.1 Å². The molecular formula is C44H54N10O8S2. The predicted octanol–water partition coefficient (Wildman–Crippen LogP) is 6.46. The van der Waals surface area contributed by atoms with E-state index in [1.807, 2.05) is 60.7 Å². The average molecular weight is 915 g/mol. The molecule has 0 N–H and O–H groups in total. The van der Waals surface area contributed by atoms with Crippen molar-refractivity contribution in [3.05, 3.63) is 73.6 Å². The summed E-state index contributed by atoms with van der Waals surface area (Å²) in [4.78, 5) is 46.7. The molecule has 4 aromatic heterocycles. The summed E-state index contributed by atoms with van der Waals surface area (Å²) in [6.45, 7) is 14.4. The van der Waals surface area contributed by atoms with Crippen molar-refractivity contribution in [1.82, 2.24) is 49.3 Å². The van der Waals surface area contributed by atoms with E-state index in [1.165, 1.54) is 36.9 Å². The van der Waals surface area contributed by atoms with Gasteiger partial charge in [0.05, 0.1) is 34.3 Å². The zero-order chi connectivity index (χ0) is 46.2. The Kier molecular flexibility index (Phi) is 12.8. The van der Waals surface area contributed by atoms with E-state index in [0.29, 0.717) is 71.5 Å². The van der Waals surface area contributed by atoms with Crippen molar-refractivity contribution in [2.45, 2.75) is 89.1 Å². The van der Waals surface area contributed by atoms with Crippen LogP contribution in [0.3, 0.4) is 0 Å². The number of carbonyl (C=O) groups is 2. The van der Waals surface area contributed by atoms with E-state index >= 15 is 0 Å². The highest BCUT2D eigenvalue weighted by atomic mass is 32.2. The Morgan fingerprint density at radius 3 is 1.17 bits per heavy atom. The Bertz CT molecular complexity index is 2670. The molecule has 0 unspecified atom stereocenters. The molecule has 340 valence electrons. The number of nitrogens with zero attached hydrogens (tertiary/aromatic N) is 10. The van der Waals surface area contributed by atoms with Crippen molar-refractivity contribution in [1.29, 1.82) is 0 Å². The molecule has 2 amide bonds. The molecule has 0 radical (unpaired) electrons. The molecule has 2 aliphatic heterocycles. The molecule has 0 spiro atoms. The van der Waals surface area contributed by atoms with Crippen LogP contribution in [0.2, 0.25) is 0 Å². The fourth-order valence-electron chi connectivity index (χ4n) is 7.69. The lowest BCUT2D eigenvalue weighted by molar-refractivity contribution is -0.141. The van der Waals surface area contributed by atoms with Gasteiger partial charge in [-0.3, -0.25) is 9.59 Å². The molecule has 20 heteroatoms. The molecule has 2 fully saturated rings. The Morgan fingerprint density at radius 1 is 0.547 bits per heavy atom. The molecule has 2 aromatic carbocycles. The van der Waals surface area contributed by atoms with Gasteiger partial charge >= 0.3 is 0 Å². The molecule has 8 rings (SSSR count). The first-order valence-corrected chi connectivity index (χ1v) is 24.8. The molecular weight excluding hydrogens is 861 g/mol. The second kappa shape index (κ2) is 17.9. The Balaban J connectivity index is 0.000000191. The van der Waals surface area contributed by atoms with Gasteiger partial charge in [0, 0.05) is 49.5 Å². The van der Waals surface area contributed by atoms with Gasteiger partial charge in [-0.2, -0.15) is 10.2 Å². The monoisotopic (exact) mass is 914 g/mol. The number of benzene rings is 2. The first-order chi connectivity index (χ1) is 30.1. The summed E-state index contributed by atoms with van der Waals surface area (Å²) in [5.41, 5.74) is 0.570. The number of piperidine rings is 2. The van der Waals surface area contributed by atoms with Crippen LogP contribution in [0.5, 0.6) is 23.3 Å². The summed E-state index contributed by atoms with van der Waals surface area (Å²) in [5, 5.41) is 10.4. The van der Waals surface area contributed by atoms with E-state index in [0.717, 1.165) is 38.2 Å². The van der Waals surface area contributed by atoms with Gasteiger partial charge in [-0.25, -0.2) is 46.1 Å². The van der Waals surface area contributed by atoms with Gasteiger partial charge in [0.15, 0.2) is 31.0 Å². The molecule has 2 aliphatic rings. The number of aromatic nitrogens is 8. The van der Waals surface area contributed by atoms with Crippen LogP contribution < -0.4 is 9.47 Å². The van der Waals surface area contributed by atoms with Crippen molar-refractivity contribution in [2.75, 3.05) is 38.7 Å². The number of fused-ring (bicyclic) bond motifs is 2. The normalized spacial score (nSPS) is 15.8. The minimum Gasteiger partial charge on any atom is -0.438 e. The highest BCUT2D eigenvalue weighted by Crippen LogP contribution is 2.34. The maximum atomic E-state index is 12.6. The van der Waals surface area contributed by atoms with E-state index in [4.69, 9.17) is 9.47 Å². The number of amides is 2. The molecule has 0 aliphatic carbocycles. The van der Waals surface area contributed by atoms with E-state index < -0.39 is 19.7 Å².